The standard InChI is InChI=1S/C14H11FN2S/c1-16-12-4-2-9(6-11(12)15)10-3-5-14-13(7-10)17-8-18-14/h2-8,16H,1H3. The molecule has 2 nitrogen and oxygen atoms in total. The van der Waals surface area contributed by atoms with E-state index in [-0.39, 0.29) is 5.82 Å². The highest BCUT2D eigenvalue weighted by molar-refractivity contribution is 7.16. The van der Waals surface area contributed by atoms with Gasteiger partial charge >= 0.3 is 0 Å². The van der Waals surface area contributed by atoms with Crippen LogP contribution in [0.25, 0.3) is 21.3 Å². The fourth-order valence-electron chi connectivity index (χ4n) is 1.93. The molecule has 0 atom stereocenters. The van der Waals surface area contributed by atoms with Crippen molar-refractivity contribution in [1.82, 2.24) is 4.98 Å². The second-order valence-corrected chi connectivity index (χ2v) is 4.87. The second-order valence-electron chi connectivity index (χ2n) is 3.98. The zero-order valence-electron chi connectivity index (χ0n) is 9.77. The number of halogens is 1. The van der Waals surface area contributed by atoms with Crippen molar-refractivity contribution in [3.63, 3.8) is 0 Å². The van der Waals surface area contributed by atoms with Gasteiger partial charge < -0.3 is 5.32 Å². The maximum absolute atomic E-state index is 13.7. The van der Waals surface area contributed by atoms with E-state index in [2.05, 4.69) is 10.3 Å². The van der Waals surface area contributed by atoms with Crippen LogP contribution in [0.4, 0.5) is 10.1 Å². The highest BCUT2D eigenvalue weighted by Gasteiger charge is 2.05. The topological polar surface area (TPSA) is 24.9 Å². The molecule has 3 rings (SSSR count). The number of nitrogens with one attached hydrogen (secondary N) is 1. The largest absolute Gasteiger partial charge is 0.386 e. The third-order valence-electron chi connectivity index (χ3n) is 2.90. The summed E-state index contributed by atoms with van der Waals surface area (Å²) in [6.45, 7) is 0. The zero-order valence-corrected chi connectivity index (χ0v) is 10.6. The second kappa shape index (κ2) is 4.38. The monoisotopic (exact) mass is 258 g/mol. The Labute approximate surface area is 108 Å². The Hall–Kier alpha value is -1.94. The van der Waals surface area contributed by atoms with Gasteiger partial charge in [-0.2, -0.15) is 0 Å². The molecule has 1 N–H and O–H groups in total. The van der Waals surface area contributed by atoms with Gasteiger partial charge in [-0.1, -0.05) is 12.1 Å². The molecule has 4 heteroatoms. The number of aromatic nitrogens is 1. The van der Waals surface area contributed by atoms with Gasteiger partial charge in [-0.3, -0.25) is 0 Å². The van der Waals surface area contributed by atoms with Crippen LogP contribution in [-0.2, 0) is 0 Å². The molecule has 3 aromatic rings. The van der Waals surface area contributed by atoms with Gasteiger partial charge in [0.2, 0.25) is 0 Å². The first-order chi connectivity index (χ1) is 8.78. The number of hydrogen-bond acceptors (Lipinski definition) is 3. The summed E-state index contributed by atoms with van der Waals surface area (Å²) in [4.78, 5) is 4.27. The molecule has 0 radical (unpaired) electrons. The van der Waals surface area contributed by atoms with Gasteiger partial charge in [0.05, 0.1) is 21.4 Å². The third kappa shape index (κ3) is 1.84. The molecule has 90 valence electrons. The third-order valence-corrected chi connectivity index (χ3v) is 3.71. The molecule has 0 unspecified atom stereocenters. The molecule has 0 saturated carbocycles. The van der Waals surface area contributed by atoms with Crippen LogP contribution in [0, 0.1) is 5.82 Å². The van der Waals surface area contributed by atoms with Crippen molar-refractivity contribution in [2.45, 2.75) is 0 Å². The van der Waals surface area contributed by atoms with Gasteiger partial charge in [0.15, 0.2) is 0 Å². The van der Waals surface area contributed by atoms with Crippen LogP contribution in [0.2, 0.25) is 0 Å². The fourth-order valence-corrected chi connectivity index (χ4v) is 2.59. The van der Waals surface area contributed by atoms with Crippen LogP contribution < -0.4 is 5.32 Å². The van der Waals surface area contributed by atoms with Crippen LogP contribution in [0.15, 0.2) is 41.9 Å². The van der Waals surface area contributed by atoms with Crippen molar-refractivity contribution in [1.29, 1.82) is 0 Å². The van der Waals surface area contributed by atoms with Crippen molar-refractivity contribution in [2.75, 3.05) is 12.4 Å². The number of fused-ring (bicyclic) bond motifs is 1. The van der Waals surface area contributed by atoms with Crippen LogP contribution in [0.1, 0.15) is 0 Å². The molecule has 0 saturated heterocycles. The van der Waals surface area contributed by atoms with Crippen molar-refractivity contribution in [2.24, 2.45) is 0 Å². The average Bonchev–Trinajstić information content (AvgIpc) is 2.85. The zero-order chi connectivity index (χ0) is 12.5. The predicted octanol–water partition coefficient (Wildman–Crippen LogP) is 4.14. The fraction of sp³-hybridized carbons (Fsp3) is 0.0714. The lowest BCUT2D eigenvalue weighted by molar-refractivity contribution is 0.632. The number of anilines is 1. The van der Waals surface area contributed by atoms with Gasteiger partial charge in [0.25, 0.3) is 0 Å². The summed E-state index contributed by atoms with van der Waals surface area (Å²) in [5.74, 6) is -0.242. The van der Waals surface area contributed by atoms with Gasteiger partial charge in [-0.25, -0.2) is 9.37 Å². The summed E-state index contributed by atoms with van der Waals surface area (Å²) in [7, 11) is 1.71. The summed E-state index contributed by atoms with van der Waals surface area (Å²) in [5, 5.41) is 2.81. The van der Waals surface area contributed by atoms with Gasteiger partial charge in [0.1, 0.15) is 5.82 Å². The van der Waals surface area contributed by atoms with Gasteiger partial charge in [-0.05, 0) is 35.4 Å². The van der Waals surface area contributed by atoms with Crippen LogP contribution >= 0.6 is 11.3 Å². The molecule has 1 heterocycles. The summed E-state index contributed by atoms with van der Waals surface area (Å²) >= 11 is 1.61. The summed E-state index contributed by atoms with van der Waals surface area (Å²) < 4.78 is 14.9. The molecule has 0 aliphatic heterocycles. The Morgan fingerprint density at radius 3 is 2.67 bits per heavy atom. The van der Waals surface area contributed by atoms with E-state index in [9.17, 15) is 4.39 Å². The van der Waals surface area contributed by atoms with Crippen LogP contribution in [0.5, 0.6) is 0 Å². The maximum Gasteiger partial charge on any atom is 0.146 e. The number of nitrogens with zero attached hydrogens (tertiary/aromatic N) is 1. The van der Waals surface area contributed by atoms with E-state index in [1.54, 1.807) is 30.5 Å². The number of thiazole rings is 1. The Morgan fingerprint density at radius 2 is 1.89 bits per heavy atom. The van der Waals surface area contributed by atoms with E-state index in [0.717, 1.165) is 21.3 Å². The Morgan fingerprint density at radius 1 is 1.11 bits per heavy atom. The SMILES string of the molecule is CNc1ccc(-c2ccc3scnc3c2)cc1F. The Kier molecular flexibility index (Phi) is 2.72. The molecule has 2 aromatic carbocycles. The molecule has 1 aromatic heterocycles. The first-order valence-corrected chi connectivity index (χ1v) is 6.47. The van der Waals surface area contributed by atoms with Crippen LogP contribution in [-0.4, -0.2) is 12.0 Å². The van der Waals surface area contributed by atoms with E-state index < -0.39 is 0 Å². The van der Waals surface area contributed by atoms with E-state index in [4.69, 9.17) is 0 Å². The quantitative estimate of drug-likeness (QED) is 0.747. The average molecular weight is 258 g/mol. The van der Waals surface area contributed by atoms with E-state index in [0.29, 0.717) is 5.69 Å². The Balaban J connectivity index is 2.10. The van der Waals surface area contributed by atoms with Crippen molar-refractivity contribution < 1.29 is 4.39 Å². The first-order valence-electron chi connectivity index (χ1n) is 5.59. The normalized spacial score (nSPS) is 10.8. The first kappa shape index (κ1) is 11.2. The number of hydrogen-bond donors (Lipinski definition) is 1. The molecule has 18 heavy (non-hydrogen) atoms. The summed E-state index contributed by atoms with van der Waals surface area (Å²) in [6.07, 6.45) is 0. The Bertz CT molecular complexity index is 706. The molecule has 0 aliphatic carbocycles. The minimum atomic E-state index is -0.242. The predicted molar refractivity (Wildman–Crippen MR) is 74.6 cm³/mol. The molecular formula is C14H11FN2S. The summed E-state index contributed by atoms with van der Waals surface area (Å²) in [5.41, 5.74) is 5.12. The number of rotatable bonds is 2. The highest BCUT2D eigenvalue weighted by atomic mass is 32.1. The minimum Gasteiger partial charge on any atom is -0.386 e. The van der Waals surface area contributed by atoms with Gasteiger partial charge in [0, 0.05) is 7.05 Å². The van der Waals surface area contributed by atoms with E-state index >= 15 is 0 Å². The van der Waals surface area contributed by atoms with E-state index in [1.165, 1.54) is 0 Å². The van der Waals surface area contributed by atoms with Crippen molar-refractivity contribution in [3.05, 3.63) is 47.7 Å². The van der Waals surface area contributed by atoms with Gasteiger partial charge in [-0.15, -0.1) is 11.3 Å². The lowest BCUT2D eigenvalue weighted by atomic mass is 10.0. The minimum absolute atomic E-state index is 0.242. The maximum atomic E-state index is 13.7. The highest BCUT2D eigenvalue weighted by Crippen LogP contribution is 2.28. The van der Waals surface area contributed by atoms with Crippen LogP contribution in [0.3, 0.4) is 0 Å². The molecule has 0 amide bonds. The molecule has 0 bridgehead atoms. The molecule has 0 fully saturated rings. The summed E-state index contributed by atoms with van der Waals surface area (Å²) in [6, 6.07) is 11.2. The van der Waals surface area contributed by atoms with Crippen molar-refractivity contribution >= 4 is 27.2 Å². The lowest BCUT2D eigenvalue weighted by Gasteiger charge is -2.06. The van der Waals surface area contributed by atoms with E-state index in [1.807, 2.05) is 29.8 Å². The molecule has 0 aliphatic rings. The van der Waals surface area contributed by atoms with Crippen molar-refractivity contribution in [3.8, 4) is 11.1 Å². The molecular weight excluding hydrogens is 247 g/mol. The molecule has 0 spiro atoms. The number of benzene rings is 2. The smallest absolute Gasteiger partial charge is 0.146 e. The lowest BCUT2D eigenvalue weighted by Crippen LogP contribution is -1.92.